The SMILES string of the molecule is COc1ccc(-c2c(Cl)nc(N)nc2N[C@H]2CC[C@@H](CO)C2)cn1. The maximum absolute atomic E-state index is 9.31. The van der Waals surface area contributed by atoms with E-state index in [1.165, 1.54) is 0 Å². The van der Waals surface area contributed by atoms with Crippen LogP contribution in [0.25, 0.3) is 11.1 Å². The quantitative estimate of drug-likeness (QED) is 0.711. The van der Waals surface area contributed by atoms with Gasteiger partial charge in [0.15, 0.2) is 0 Å². The Balaban J connectivity index is 1.92. The largest absolute Gasteiger partial charge is 0.481 e. The highest BCUT2D eigenvalue weighted by molar-refractivity contribution is 6.32. The van der Waals surface area contributed by atoms with Gasteiger partial charge in [0.25, 0.3) is 0 Å². The number of hydrogen-bond donors (Lipinski definition) is 3. The maximum atomic E-state index is 9.31. The molecule has 0 unspecified atom stereocenters. The van der Waals surface area contributed by atoms with Crippen LogP contribution in [-0.4, -0.2) is 39.8 Å². The van der Waals surface area contributed by atoms with Gasteiger partial charge in [-0.15, -0.1) is 0 Å². The molecule has 7 nitrogen and oxygen atoms in total. The van der Waals surface area contributed by atoms with Crippen LogP contribution in [0.4, 0.5) is 11.8 Å². The molecule has 0 radical (unpaired) electrons. The van der Waals surface area contributed by atoms with Crippen molar-refractivity contribution in [2.45, 2.75) is 25.3 Å². The standard InChI is InChI=1S/C16H20ClN5O2/c1-24-12-5-3-10(7-19-12)13-14(17)21-16(18)22-15(13)20-11-4-2-9(6-11)8-23/h3,5,7,9,11,23H,2,4,6,8H2,1H3,(H3,18,20,21,22)/t9-,11+/m1/s1. The number of pyridine rings is 1. The number of nitrogens with two attached hydrogens (primary N) is 1. The summed E-state index contributed by atoms with van der Waals surface area (Å²) in [5.41, 5.74) is 7.20. The summed E-state index contributed by atoms with van der Waals surface area (Å²) < 4.78 is 5.08. The van der Waals surface area contributed by atoms with E-state index in [4.69, 9.17) is 22.1 Å². The predicted molar refractivity (Wildman–Crippen MR) is 93.1 cm³/mol. The molecular weight excluding hydrogens is 330 g/mol. The monoisotopic (exact) mass is 349 g/mol. The van der Waals surface area contributed by atoms with Crippen LogP contribution in [0.3, 0.4) is 0 Å². The zero-order chi connectivity index (χ0) is 17.1. The van der Waals surface area contributed by atoms with Crippen molar-refractivity contribution < 1.29 is 9.84 Å². The summed E-state index contributed by atoms with van der Waals surface area (Å²) in [5, 5.41) is 13.0. The third-order valence-corrected chi connectivity index (χ3v) is 4.53. The number of nitrogen functional groups attached to an aromatic ring is 1. The lowest BCUT2D eigenvalue weighted by molar-refractivity contribution is 0.229. The highest BCUT2D eigenvalue weighted by Crippen LogP contribution is 2.36. The van der Waals surface area contributed by atoms with E-state index in [-0.39, 0.29) is 23.8 Å². The van der Waals surface area contributed by atoms with Gasteiger partial charge in [0.1, 0.15) is 11.0 Å². The van der Waals surface area contributed by atoms with Crippen LogP contribution >= 0.6 is 11.6 Å². The first-order chi connectivity index (χ1) is 11.6. The number of ether oxygens (including phenoxy) is 1. The number of aliphatic hydroxyl groups excluding tert-OH is 1. The van der Waals surface area contributed by atoms with Gasteiger partial charge in [0, 0.05) is 30.5 Å². The first kappa shape index (κ1) is 16.7. The minimum atomic E-state index is 0.115. The van der Waals surface area contributed by atoms with E-state index in [2.05, 4.69) is 20.3 Å². The van der Waals surface area contributed by atoms with E-state index in [9.17, 15) is 5.11 Å². The highest BCUT2D eigenvalue weighted by atomic mass is 35.5. The van der Waals surface area contributed by atoms with Crippen LogP contribution in [-0.2, 0) is 0 Å². The lowest BCUT2D eigenvalue weighted by Crippen LogP contribution is -2.18. The Hall–Kier alpha value is -2.12. The molecule has 1 saturated carbocycles. The number of aromatic nitrogens is 3. The molecule has 0 amide bonds. The third-order valence-electron chi connectivity index (χ3n) is 4.26. The molecule has 1 aliphatic rings. The number of aliphatic hydroxyl groups is 1. The first-order valence-corrected chi connectivity index (χ1v) is 8.19. The van der Waals surface area contributed by atoms with E-state index in [0.717, 1.165) is 24.8 Å². The number of anilines is 2. The number of nitrogens with zero attached hydrogens (tertiary/aromatic N) is 3. The van der Waals surface area contributed by atoms with Gasteiger partial charge in [-0.1, -0.05) is 11.6 Å². The van der Waals surface area contributed by atoms with Crippen molar-refractivity contribution in [3.05, 3.63) is 23.5 Å². The number of rotatable bonds is 5. The summed E-state index contributed by atoms with van der Waals surface area (Å²) in [6.07, 6.45) is 4.50. The van der Waals surface area contributed by atoms with E-state index in [1.807, 2.05) is 6.07 Å². The van der Waals surface area contributed by atoms with Crippen LogP contribution in [0.1, 0.15) is 19.3 Å². The van der Waals surface area contributed by atoms with Crippen molar-refractivity contribution >= 4 is 23.4 Å². The Labute approximate surface area is 145 Å². The molecule has 2 atom stereocenters. The molecule has 24 heavy (non-hydrogen) atoms. The van der Waals surface area contributed by atoms with E-state index in [0.29, 0.717) is 23.2 Å². The van der Waals surface area contributed by atoms with Crippen molar-refractivity contribution in [2.75, 3.05) is 24.8 Å². The van der Waals surface area contributed by atoms with Crippen molar-refractivity contribution in [3.8, 4) is 17.0 Å². The molecule has 2 heterocycles. The van der Waals surface area contributed by atoms with E-state index >= 15 is 0 Å². The molecule has 0 spiro atoms. The Morgan fingerprint density at radius 2 is 2.21 bits per heavy atom. The number of hydrogen-bond acceptors (Lipinski definition) is 7. The second-order valence-corrected chi connectivity index (χ2v) is 6.25. The predicted octanol–water partition coefficient (Wildman–Crippen LogP) is 2.36. The van der Waals surface area contributed by atoms with Gasteiger partial charge >= 0.3 is 0 Å². The zero-order valence-electron chi connectivity index (χ0n) is 13.4. The first-order valence-electron chi connectivity index (χ1n) is 7.81. The van der Waals surface area contributed by atoms with Crippen molar-refractivity contribution in [2.24, 2.45) is 5.92 Å². The van der Waals surface area contributed by atoms with Gasteiger partial charge in [-0.2, -0.15) is 4.98 Å². The molecule has 2 aromatic rings. The highest BCUT2D eigenvalue weighted by Gasteiger charge is 2.26. The Bertz CT molecular complexity index is 710. The molecule has 128 valence electrons. The van der Waals surface area contributed by atoms with Crippen LogP contribution in [0.15, 0.2) is 18.3 Å². The Morgan fingerprint density at radius 3 is 2.83 bits per heavy atom. The molecule has 8 heteroatoms. The second kappa shape index (κ2) is 7.19. The molecule has 0 bridgehead atoms. The third kappa shape index (κ3) is 3.52. The smallest absolute Gasteiger partial charge is 0.223 e. The molecule has 3 rings (SSSR count). The second-order valence-electron chi connectivity index (χ2n) is 5.89. The fourth-order valence-electron chi connectivity index (χ4n) is 3.02. The van der Waals surface area contributed by atoms with Crippen molar-refractivity contribution in [1.82, 2.24) is 15.0 Å². The number of methoxy groups -OCH3 is 1. The summed E-state index contributed by atoms with van der Waals surface area (Å²) in [5.74, 6) is 1.54. The van der Waals surface area contributed by atoms with Crippen LogP contribution in [0.5, 0.6) is 5.88 Å². The molecule has 0 aliphatic heterocycles. The van der Waals surface area contributed by atoms with Gasteiger partial charge in [-0.25, -0.2) is 9.97 Å². The molecule has 1 aliphatic carbocycles. The van der Waals surface area contributed by atoms with Gasteiger partial charge < -0.3 is 20.9 Å². The van der Waals surface area contributed by atoms with Gasteiger partial charge in [-0.05, 0) is 31.2 Å². The average Bonchev–Trinajstić information content (AvgIpc) is 3.02. The summed E-state index contributed by atoms with van der Waals surface area (Å²) >= 11 is 6.31. The Morgan fingerprint density at radius 1 is 1.38 bits per heavy atom. The molecule has 0 aromatic carbocycles. The maximum Gasteiger partial charge on any atom is 0.223 e. The summed E-state index contributed by atoms with van der Waals surface area (Å²) in [7, 11) is 1.56. The molecule has 2 aromatic heterocycles. The summed E-state index contributed by atoms with van der Waals surface area (Å²) in [6, 6.07) is 3.82. The average molecular weight is 350 g/mol. The molecule has 0 saturated heterocycles. The topological polar surface area (TPSA) is 106 Å². The lowest BCUT2D eigenvalue weighted by Gasteiger charge is -2.17. The fraction of sp³-hybridized carbons (Fsp3) is 0.438. The molecule has 1 fully saturated rings. The molecular formula is C16H20ClN5O2. The minimum absolute atomic E-state index is 0.115. The summed E-state index contributed by atoms with van der Waals surface area (Å²) in [6.45, 7) is 0.208. The van der Waals surface area contributed by atoms with Crippen molar-refractivity contribution in [1.29, 1.82) is 0 Å². The number of halogens is 1. The zero-order valence-corrected chi connectivity index (χ0v) is 14.1. The van der Waals surface area contributed by atoms with Crippen LogP contribution < -0.4 is 15.8 Å². The Kier molecular flexibility index (Phi) is 5.01. The minimum Gasteiger partial charge on any atom is -0.481 e. The van der Waals surface area contributed by atoms with E-state index in [1.54, 1.807) is 19.4 Å². The normalized spacial score (nSPS) is 20.1. The number of nitrogens with one attached hydrogen (secondary N) is 1. The summed E-state index contributed by atoms with van der Waals surface area (Å²) in [4.78, 5) is 12.6. The van der Waals surface area contributed by atoms with Crippen LogP contribution in [0, 0.1) is 5.92 Å². The lowest BCUT2D eigenvalue weighted by atomic mass is 10.1. The van der Waals surface area contributed by atoms with Gasteiger partial charge in [0.05, 0.1) is 12.7 Å². The van der Waals surface area contributed by atoms with Gasteiger partial charge in [-0.3, -0.25) is 0 Å². The van der Waals surface area contributed by atoms with E-state index < -0.39 is 0 Å². The van der Waals surface area contributed by atoms with Gasteiger partial charge in [0.2, 0.25) is 11.8 Å². The molecule has 4 N–H and O–H groups in total. The van der Waals surface area contributed by atoms with Crippen molar-refractivity contribution in [3.63, 3.8) is 0 Å². The van der Waals surface area contributed by atoms with Crippen LogP contribution in [0.2, 0.25) is 5.15 Å². The fourth-order valence-corrected chi connectivity index (χ4v) is 3.31.